The molecule has 0 saturated carbocycles. The number of para-hydroxylation sites is 1. The van der Waals surface area contributed by atoms with Gasteiger partial charge in [0.05, 0.1) is 10.4 Å². The Morgan fingerprint density at radius 2 is 1.66 bits per heavy atom. The first-order valence-electron chi connectivity index (χ1n) is 9.51. The van der Waals surface area contributed by atoms with Crippen LogP contribution in [0.3, 0.4) is 0 Å². The van der Waals surface area contributed by atoms with Gasteiger partial charge in [0.15, 0.2) is 0 Å². The number of ether oxygens (including phenoxy) is 1. The molecule has 29 heavy (non-hydrogen) atoms. The van der Waals surface area contributed by atoms with Crippen molar-refractivity contribution in [2.45, 2.75) is 10.8 Å². The summed E-state index contributed by atoms with van der Waals surface area (Å²) in [6.45, 7) is 1.94. The van der Waals surface area contributed by atoms with Gasteiger partial charge in [-0.1, -0.05) is 30.3 Å². The molecule has 0 atom stereocenters. The summed E-state index contributed by atoms with van der Waals surface area (Å²) in [5, 5.41) is 4.19. The van der Waals surface area contributed by atoms with Gasteiger partial charge in [-0.05, 0) is 48.0 Å². The molecule has 1 aromatic heterocycles. The second kappa shape index (κ2) is 7.06. The number of nitrogens with one attached hydrogen (secondary N) is 1. The van der Waals surface area contributed by atoms with Gasteiger partial charge in [-0.15, -0.1) is 0 Å². The van der Waals surface area contributed by atoms with E-state index in [2.05, 4.69) is 11.4 Å². The Balaban J connectivity index is 1.50. The summed E-state index contributed by atoms with van der Waals surface area (Å²) in [6.07, 6.45) is 1.62. The van der Waals surface area contributed by atoms with Crippen molar-refractivity contribution in [2.75, 3.05) is 13.1 Å². The predicted octanol–water partition coefficient (Wildman–Crippen LogP) is 4.36. The lowest BCUT2D eigenvalue weighted by atomic mass is 9.93. The van der Waals surface area contributed by atoms with Gasteiger partial charge in [0.2, 0.25) is 0 Å². The quantitative estimate of drug-likeness (QED) is 0.537. The van der Waals surface area contributed by atoms with Crippen LogP contribution in [0.15, 0.2) is 90.0 Å². The number of nitrogens with zero attached hydrogens (tertiary/aromatic N) is 1. The minimum Gasteiger partial charge on any atom is -0.457 e. The van der Waals surface area contributed by atoms with Gasteiger partial charge >= 0.3 is 0 Å². The van der Waals surface area contributed by atoms with Crippen molar-refractivity contribution in [3.05, 3.63) is 90.6 Å². The molecule has 3 aromatic carbocycles. The van der Waals surface area contributed by atoms with E-state index in [4.69, 9.17) is 4.74 Å². The molecular formula is C23H20N2O3S. The van der Waals surface area contributed by atoms with E-state index in [-0.39, 0.29) is 4.90 Å². The third-order valence-electron chi connectivity index (χ3n) is 5.27. The average molecular weight is 404 g/mol. The van der Waals surface area contributed by atoms with Crippen LogP contribution < -0.4 is 10.1 Å². The molecule has 4 aromatic rings. The molecule has 0 unspecified atom stereocenters. The summed E-state index contributed by atoms with van der Waals surface area (Å²) in [6, 6.07) is 23.7. The highest BCUT2D eigenvalue weighted by Crippen LogP contribution is 2.29. The van der Waals surface area contributed by atoms with Crippen LogP contribution in [0.4, 0.5) is 0 Å². The Labute approximate surface area is 169 Å². The van der Waals surface area contributed by atoms with E-state index in [1.54, 1.807) is 30.5 Å². The first-order chi connectivity index (χ1) is 14.1. The lowest BCUT2D eigenvalue weighted by molar-refractivity contribution is 0.449. The number of benzene rings is 3. The van der Waals surface area contributed by atoms with Gasteiger partial charge in [0, 0.05) is 36.7 Å². The van der Waals surface area contributed by atoms with Crippen molar-refractivity contribution in [3.8, 4) is 11.5 Å². The van der Waals surface area contributed by atoms with Crippen molar-refractivity contribution in [1.29, 1.82) is 0 Å². The van der Waals surface area contributed by atoms with Crippen LogP contribution in [0.5, 0.6) is 11.5 Å². The van der Waals surface area contributed by atoms with Gasteiger partial charge in [-0.2, -0.15) is 0 Å². The maximum Gasteiger partial charge on any atom is 0.268 e. The summed E-state index contributed by atoms with van der Waals surface area (Å²) < 4.78 is 33.7. The Morgan fingerprint density at radius 3 is 2.41 bits per heavy atom. The van der Waals surface area contributed by atoms with Gasteiger partial charge in [0.25, 0.3) is 10.0 Å². The predicted molar refractivity (Wildman–Crippen MR) is 113 cm³/mol. The minimum atomic E-state index is -3.74. The van der Waals surface area contributed by atoms with E-state index in [0.29, 0.717) is 22.9 Å². The molecule has 0 radical (unpaired) electrons. The number of hydrogen-bond donors (Lipinski definition) is 1. The summed E-state index contributed by atoms with van der Waals surface area (Å²) in [7, 11) is -3.74. The smallest absolute Gasteiger partial charge is 0.268 e. The maximum absolute atomic E-state index is 13.3. The topological polar surface area (TPSA) is 60.3 Å². The molecule has 1 aliphatic heterocycles. The molecule has 0 amide bonds. The summed E-state index contributed by atoms with van der Waals surface area (Å²) >= 11 is 0. The first-order valence-corrected chi connectivity index (χ1v) is 11.0. The van der Waals surface area contributed by atoms with Gasteiger partial charge in [-0.3, -0.25) is 0 Å². The number of aromatic nitrogens is 1. The minimum absolute atomic E-state index is 0.190. The second-order valence-corrected chi connectivity index (χ2v) is 8.99. The molecule has 1 saturated heterocycles. The molecular weight excluding hydrogens is 384 g/mol. The van der Waals surface area contributed by atoms with Crippen LogP contribution >= 0.6 is 0 Å². The van der Waals surface area contributed by atoms with Crippen molar-refractivity contribution in [1.82, 2.24) is 9.29 Å². The van der Waals surface area contributed by atoms with E-state index >= 15 is 0 Å². The van der Waals surface area contributed by atoms with Gasteiger partial charge < -0.3 is 10.1 Å². The molecule has 1 aliphatic rings. The van der Waals surface area contributed by atoms with E-state index in [1.807, 2.05) is 48.5 Å². The van der Waals surface area contributed by atoms with Crippen LogP contribution in [-0.2, 0) is 10.0 Å². The molecule has 2 heterocycles. The van der Waals surface area contributed by atoms with E-state index in [1.165, 1.54) is 9.54 Å². The fourth-order valence-corrected chi connectivity index (χ4v) is 4.95. The maximum atomic E-state index is 13.3. The van der Waals surface area contributed by atoms with Crippen LogP contribution in [0, 0.1) is 0 Å². The largest absolute Gasteiger partial charge is 0.457 e. The average Bonchev–Trinajstić information content (AvgIpc) is 3.12. The van der Waals surface area contributed by atoms with Crippen molar-refractivity contribution in [3.63, 3.8) is 0 Å². The third-order valence-corrected chi connectivity index (χ3v) is 6.96. The molecule has 0 bridgehead atoms. The highest BCUT2D eigenvalue weighted by molar-refractivity contribution is 7.90. The highest BCUT2D eigenvalue weighted by Gasteiger charge is 2.22. The molecule has 5 nitrogen and oxygen atoms in total. The van der Waals surface area contributed by atoms with E-state index in [9.17, 15) is 8.42 Å². The normalized spacial score (nSPS) is 14.6. The first kappa shape index (κ1) is 18.0. The third kappa shape index (κ3) is 3.30. The second-order valence-electron chi connectivity index (χ2n) is 7.18. The fraction of sp³-hybridized carbons (Fsp3) is 0.130. The van der Waals surface area contributed by atoms with Crippen LogP contribution in [0.2, 0.25) is 0 Å². The Kier molecular flexibility index (Phi) is 4.38. The van der Waals surface area contributed by atoms with Crippen molar-refractivity contribution < 1.29 is 13.2 Å². The lowest BCUT2D eigenvalue weighted by Gasteiger charge is -2.27. The molecule has 0 spiro atoms. The number of fused-ring (bicyclic) bond motifs is 1. The zero-order valence-corrected chi connectivity index (χ0v) is 16.5. The molecule has 146 valence electrons. The van der Waals surface area contributed by atoms with Gasteiger partial charge in [0.1, 0.15) is 11.5 Å². The monoisotopic (exact) mass is 404 g/mol. The number of hydrogen-bond acceptors (Lipinski definition) is 4. The van der Waals surface area contributed by atoms with Crippen LogP contribution in [0.25, 0.3) is 10.9 Å². The lowest BCUT2D eigenvalue weighted by Crippen LogP contribution is -2.39. The zero-order chi connectivity index (χ0) is 19.8. The summed E-state index contributed by atoms with van der Waals surface area (Å²) in [5.74, 6) is 1.64. The summed E-state index contributed by atoms with van der Waals surface area (Å²) in [4.78, 5) is 0.190. The van der Waals surface area contributed by atoms with Crippen molar-refractivity contribution in [2.24, 2.45) is 0 Å². The van der Waals surface area contributed by atoms with E-state index < -0.39 is 10.0 Å². The Hall–Kier alpha value is -3.09. The molecule has 1 fully saturated rings. The highest BCUT2D eigenvalue weighted by atomic mass is 32.2. The standard InChI is InChI=1S/C23H20N2O3S/c26-29(27,22-8-4-7-21(14-22)28-20-5-2-1-3-6-20)25-12-11-18-13-17(9-10-23(18)25)19-15-24-16-19/h1-14,19,24H,15-16H2. The molecule has 5 rings (SSSR count). The Morgan fingerprint density at radius 1 is 0.862 bits per heavy atom. The number of rotatable bonds is 5. The molecule has 6 heteroatoms. The summed E-state index contributed by atoms with van der Waals surface area (Å²) in [5.41, 5.74) is 1.92. The SMILES string of the molecule is O=S(=O)(c1cccc(Oc2ccccc2)c1)n1ccc2cc(C3CNC3)ccc21. The van der Waals surface area contributed by atoms with Gasteiger partial charge in [-0.25, -0.2) is 12.4 Å². The Bertz CT molecular complexity index is 1280. The molecule has 0 aliphatic carbocycles. The fourth-order valence-electron chi connectivity index (χ4n) is 3.56. The zero-order valence-electron chi connectivity index (χ0n) is 15.7. The van der Waals surface area contributed by atoms with Crippen LogP contribution in [-0.4, -0.2) is 25.5 Å². The van der Waals surface area contributed by atoms with Crippen LogP contribution in [0.1, 0.15) is 11.5 Å². The van der Waals surface area contributed by atoms with E-state index in [0.717, 1.165) is 18.5 Å². The molecule has 1 N–H and O–H groups in total. The van der Waals surface area contributed by atoms with Crippen molar-refractivity contribution >= 4 is 20.9 Å².